The average Bonchev–Trinajstić information content (AvgIpc) is 2.93. The molecule has 0 aromatic rings. The quantitative estimate of drug-likeness (QED) is 0.263. The fourth-order valence-corrected chi connectivity index (χ4v) is 3.09. The Morgan fingerprint density at radius 3 is 2.80 bits per heavy atom. The van der Waals surface area contributed by atoms with Gasteiger partial charge in [0.25, 0.3) is 0 Å². The van der Waals surface area contributed by atoms with Gasteiger partial charge in [0.15, 0.2) is 5.96 Å². The normalized spacial score (nSPS) is 18.7. The lowest BCUT2D eigenvalue weighted by Gasteiger charge is -2.12. The predicted molar refractivity (Wildman–Crippen MR) is 101 cm³/mol. The van der Waals surface area contributed by atoms with Crippen LogP contribution in [0.1, 0.15) is 39.5 Å². The standard InChI is InChI=1S/C14H29N3OS.HI/c1-3-5-9-18-10-8-16-14(15-4-2)17-12-13-7-6-11-19-13;/h13H,3-12H2,1-2H3,(H2,15,16,17);1H. The summed E-state index contributed by atoms with van der Waals surface area (Å²) in [5, 5.41) is 7.33. The van der Waals surface area contributed by atoms with Gasteiger partial charge in [-0.05, 0) is 31.9 Å². The summed E-state index contributed by atoms with van der Waals surface area (Å²) in [5.74, 6) is 2.23. The molecule has 0 aromatic carbocycles. The molecule has 4 nitrogen and oxygen atoms in total. The molecule has 1 fully saturated rings. The van der Waals surface area contributed by atoms with Crippen LogP contribution in [0, 0.1) is 0 Å². The van der Waals surface area contributed by atoms with Gasteiger partial charge in [-0.1, -0.05) is 13.3 Å². The van der Waals surface area contributed by atoms with Crippen molar-refractivity contribution in [2.75, 3.05) is 38.6 Å². The third-order valence-corrected chi connectivity index (χ3v) is 4.38. The van der Waals surface area contributed by atoms with Crippen molar-refractivity contribution in [2.45, 2.75) is 44.8 Å². The highest BCUT2D eigenvalue weighted by molar-refractivity contribution is 14.0. The van der Waals surface area contributed by atoms with Gasteiger partial charge in [-0.25, -0.2) is 0 Å². The van der Waals surface area contributed by atoms with E-state index in [1.165, 1.54) is 25.0 Å². The Hall–Kier alpha value is 0.310. The zero-order valence-corrected chi connectivity index (χ0v) is 16.0. The number of ether oxygens (including phenoxy) is 1. The molecule has 1 aliphatic heterocycles. The molecule has 0 aliphatic carbocycles. The maximum atomic E-state index is 5.53. The maximum absolute atomic E-state index is 5.53. The molecule has 1 atom stereocenters. The van der Waals surface area contributed by atoms with Gasteiger partial charge in [0.05, 0.1) is 13.2 Å². The minimum absolute atomic E-state index is 0. The SMILES string of the molecule is CCCCOCCNC(=NCC1CCCS1)NCC.I. The van der Waals surface area contributed by atoms with Crippen LogP contribution in [-0.4, -0.2) is 49.8 Å². The molecule has 2 N–H and O–H groups in total. The minimum atomic E-state index is 0. The molecule has 0 saturated carbocycles. The van der Waals surface area contributed by atoms with E-state index in [-0.39, 0.29) is 24.0 Å². The number of aliphatic imine (C=N–C) groups is 1. The van der Waals surface area contributed by atoms with Gasteiger partial charge >= 0.3 is 0 Å². The lowest BCUT2D eigenvalue weighted by atomic mass is 10.2. The first-order valence-electron chi connectivity index (χ1n) is 7.58. The molecule has 20 heavy (non-hydrogen) atoms. The third kappa shape index (κ3) is 10.1. The van der Waals surface area contributed by atoms with Crippen LogP contribution in [-0.2, 0) is 4.74 Å². The second kappa shape index (κ2) is 14.3. The van der Waals surface area contributed by atoms with Gasteiger partial charge in [0.2, 0.25) is 0 Å². The summed E-state index contributed by atoms with van der Waals surface area (Å²) < 4.78 is 5.53. The van der Waals surface area contributed by atoms with E-state index < -0.39 is 0 Å². The highest BCUT2D eigenvalue weighted by Crippen LogP contribution is 2.25. The van der Waals surface area contributed by atoms with Crippen molar-refractivity contribution < 1.29 is 4.74 Å². The summed E-state index contributed by atoms with van der Waals surface area (Å²) in [5.41, 5.74) is 0. The van der Waals surface area contributed by atoms with Crippen LogP contribution in [0.4, 0.5) is 0 Å². The van der Waals surface area contributed by atoms with Crippen LogP contribution >= 0.6 is 35.7 Å². The second-order valence-corrected chi connectivity index (χ2v) is 6.16. The van der Waals surface area contributed by atoms with E-state index in [2.05, 4.69) is 41.2 Å². The molecule has 1 heterocycles. The van der Waals surface area contributed by atoms with E-state index in [0.29, 0.717) is 0 Å². The molecule has 0 aromatic heterocycles. The second-order valence-electron chi connectivity index (χ2n) is 4.75. The molecule has 1 rings (SSSR count). The average molecular weight is 415 g/mol. The number of thioether (sulfide) groups is 1. The third-order valence-electron chi connectivity index (χ3n) is 3.00. The monoisotopic (exact) mass is 415 g/mol. The summed E-state index contributed by atoms with van der Waals surface area (Å²) in [6.07, 6.45) is 5.00. The molecule has 1 saturated heterocycles. The van der Waals surface area contributed by atoms with Crippen LogP contribution in [0.25, 0.3) is 0 Å². The zero-order chi connectivity index (χ0) is 13.8. The Labute approximate surface area is 145 Å². The van der Waals surface area contributed by atoms with Crippen molar-refractivity contribution in [1.29, 1.82) is 0 Å². The lowest BCUT2D eigenvalue weighted by Crippen LogP contribution is -2.39. The molecule has 1 aliphatic rings. The number of nitrogens with one attached hydrogen (secondary N) is 2. The van der Waals surface area contributed by atoms with Crippen molar-refractivity contribution in [3.8, 4) is 0 Å². The first-order valence-corrected chi connectivity index (χ1v) is 8.63. The largest absolute Gasteiger partial charge is 0.380 e. The van der Waals surface area contributed by atoms with Gasteiger partial charge in [0, 0.05) is 24.9 Å². The van der Waals surface area contributed by atoms with Gasteiger partial charge in [-0.15, -0.1) is 24.0 Å². The van der Waals surface area contributed by atoms with Crippen molar-refractivity contribution in [1.82, 2.24) is 10.6 Å². The molecule has 0 amide bonds. The van der Waals surface area contributed by atoms with Crippen LogP contribution < -0.4 is 10.6 Å². The molecule has 6 heteroatoms. The van der Waals surface area contributed by atoms with Crippen molar-refractivity contribution in [3.63, 3.8) is 0 Å². The van der Waals surface area contributed by atoms with E-state index in [9.17, 15) is 0 Å². The molecule has 1 unspecified atom stereocenters. The van der Waals surface area contributed by atoms with E-state index in [0.717, 1.165) is 50.5 Å². The Balaban J connectivity index is 0.00000361. The first-order chi connectivity index (χ1) is 9.36. The van der Waals surface area contributed by atoms with E-state index in [4.69, 9.17) is 4.74 Å². The van der Waals surface area contributed by atoms with Gasteiger partial charge < -0.3 is 15.4 Å². The highest BCUT2D eigenvalue weighted by Gasteiger charge is 2.14. The maximum Gasteiger partial charge on any atom is 0.191 e. The van der Waals surface area contributed by atoms with Crippen molar-refractivity contribution in [2.24, 2.45) is 4.99 Å². The number of halogens is 1. The van der Waals surface area contributed by atoms with Gasteiger partial charge in [-0.3, -0.25) is 4.99 Å². The Kier molecular flexibility index (Phi) is 14.5. The molecule has 0 radical (unpaired) electrons. The van der Waals surface area contributed by atoms with Crippen molar-refractivity contribution >= 4 is 41.7 Å². The van der Waals surface area contributed by atoms with E-state index in [1.807, 2.05) is 0 Å². The molecule has 0 bridgehead atoms. The fraction of sp³-hybridized carbons (Fsp3) is 0.929. The van der Waals surface area contributed by atoms with E-state index in [1.54, 1.807) is 0 Å². The lowest BCUT2D eigenvalue weighted by molar-refractivity contribution is 0.136. The number of hydrogen-bond donors (Lipinski definition) is 2. The summed E-state index contributed by atoms with van der Waals surface area (Å²) in [7, 11) is 0. The summed E-state index contributed by atoms with van der Waals surface area (Å²) in [6.45, 7) is 8.55. The summed E-state index contributed by atoms with van der Waals surface area (Å²) >= 11 is 2.05. The number of nitrogens with zero attached hydrogens (tertiary/aromatic N) is 1. The summed E-state index contributed by atoms with van der Waals surface area (Å²) in [4.78, 5) is 4.65. The summed E-state index contributed by atoms with van der Waals surface area (Å²) in [6, 6.07) is 0. The number of hydrogen-bond acceptors (Lipinski definition) is 3. The van der Waals surface area contributed by atoms with Crippen LogP contribution in [0.2, 0.25) is 0 Å². The van der Waals surface area contributed by atoms with Crippen molar-refractivity contribution in [3.05, 3.63) is 0 Å². The topological polar surface area (TPSA) is 45.6 Å². The number of unbranched alkanes of at least 4 members (excludes halogenated alkanes) is 1. The smallest absolute Gasteiger partial charge is 0.191 e. The van der Waals surface area contributed by atoms with Gasteiger partial charge in [-0.2, -0.15) is 11.8 Å². The molecular formula is C14H30IN3OS. The number of guanidine groups is 1. The number of rotatable bonds is 9. The molecule has 0 spiro atoms. The Morgan fingerprint density at radius 2 is 2.15 bits per heavy atom. The minimum Gasteiger partial charge on any atom is -0.380 e. The fourth-order valence-electron chi connectivity index (χ4n) is 1.91. The zero-order valence-electron chi connectivity index (χ0n) is 12.8. The Bertz CT molecular complexity index is 249. The van der Waals surface area contributed by atoms with Crippen LogP contribution in [0.5, 0.6) is 0 Å². The van der Waals surface area contributed by atoms with Crippen LogP contribution in [0.3, 0.4) is 0 Å². The van der Waals surface area contributed by atoms with Gasteiger partial charge in [0.1, 0.15) is 0 Å². The Morgan fingerprint density at radius 1 is 1.30 bits per heavy atom. The predicted octanol–water partition coefficient (Wildman–Crippen LogP) is 2.87. The molecule has 120 valence electrons. The highest BCUT2D eigenvalue weighted by atomic mass is 127. The van der Waals surface area contributed by atoms with E-state index >= 15 is 0 Å². The molecular weight excluding hydrogens is 385 g/mol. The first kappa shape index (κ1) is 20.3. The van der Waals surface area contributed by atoms with Crippen LogP contribution in [0.15, 0.2) is 4.99 Å².